The third kappa shape index (κ3) is 3.62. The molecule has 27 heavy (non-hydrogen) atoms. The van der Waals surface area contributed by atoms with Gasteiger partial charge < -0.3 is 14.6 Å². The average Bonchev–Trinajstić information content (AvgIpc) is 3.37. The first kappa shape index (κ1) is 17.1. The van der Waals surface area contributed by atoms with Crippen LogP contribution in [0.15, 0.2) is 67.3 Å². The molecule has 1 atom stereocenters. The lowest BCUT2D eigenvalue weighted by Gasteiger charge is -2.12. The van der Waals surface area contributed by atoms with E-state index >= 15 is 0 Å². The van der Waals surface area contributed by atoms with Crippen LogP contribution in [0.5, 0.6) is 5.75 Å². The Kier molecular flexibility index (Phi) is 4.75. The van der Waals surface area contributed by atoms with Gasteiger partial charge in [-0.2, -0.15) is 0 Å². The number of hydrogen-bond donors (Lipinski definition) is 1. The maximum Gasteiger partial charge on any atom is 0.244 e. The lowest BCUT2D eigenvalue weighted by molar-refractivity contribution is -0.117. The smallest absolute Gasteiger partial charge is 0.244 e. The number of carbonyl (C=O) groups excluding carboxylic acids is 1. The van der Waals surface area contributed by atoms with Gasteiger partial charge in [-0.3, -0.25) is 4.79 Å². The summed E-state index contributed by atoms with van der Waals surface area (Å²) in [5.41, 5.74) is 4.36. The first-order valence-corrected chi connectivity index (χ1v) is 8.97. The molecule has 0 radical (unpaired) electrons. The zero-order valence-electron chi connectivity index (χ0n) is 15.1. The molecule has 136 valence electrons. The van der Waals surface area contributed by atoms with Gasteiger partial charge in [-0.05, 0) is 47.7 Å². The number of rotatable bonds is 5. The topological polar surface area (TPSA) is 56.1 Å². The third-order valence-electron chi connectivity index (χ3n) is 4.86. The number of nitrogens with zero attached hydrogens (tertiary/aromatic N) is 2. The van der Waals surface area contributed by atoms with Crippen molar-refractivity contribution in [3.8, 4) is 11.4 Å². The van der Waals surface area contributed by atoms with Crippen LogP contribution in [0, 0.1) is 0 Å². The van der Waals surface area contributed by atoms with E-state index in [2.05, 4.69) is 22.4 Å². The highest BCUT2D eigenvalue weighted by Crippen LogP contribution is 2.30. The van der Waals surface area contributed by atoms with Crippen LogP contribution in [-0.2, 0) is 11.2 Å². The fourth-order valence-corrected chi connectivity index (χ4v) is 3.51. The van der Waals surface area contributed by atoms with Crippen molar-refractivity contribution >= 4 is 12.0 Å². The Balaban J connectivity index is 1.46. The number of ether oxygens (including phenoxy) is 1. The summed E-state index contributed by atoms with van der Waals surface area (Å²) in [5, 5.41) is 3.10. The van der Waals surface area contributed by atoms with Gasteiger partial charge >= 0.3 is 0 Å². The Hall–Kier alpha value is -3.34. The van der Waals surface area contributed by atoms with Crippen LogP contribution in [0.3, 0.4) is 0 Å². The van der Waals surface area contributed by atoms with Gasteiger partial charge in [0.15, 0.2) is 0 Å². The number of fused-ring (bicyclic) bond motifs is 1. The van der Waals surface area contributed by atoms with Crippen molar-refractivity contribution < 1.29 is 9.53 Å². The Labute approximate surface area is 158 Å². The van der Waals surface area contributed by atoms with E-state index in [9.17, 15) is 4.79 Å². The van der Waals surface area contributed by atoms with Gasteiger partial charge in [0.05, 0.1) is 25.2 Å². The predicted octanol–water partition coefficient (Wildman–Crippen LogP) is 3.70. The van der Waals surface area contributed by atoms with Crippen molar-refractivity contribution in [2.45, 2.75) is 18.9 Å². The van der Waals surface area contributed by atoms with Crippen molar-refractivity contribution in [1.82, 2.24) is 14.9 Å². The summed E-state index contributed by atoms with van der Waals surface area (Å²) in [7, 11) is 1.63. The number of benzene rings is 2. The van der Waals surface area contributed by atoms with Gasteiger partial charge in [-0.15, -0.1) is 0 Å². The summed E-state index contributed by atoms with van der Waals surface area (Å²) >= 11 is 0. The number of hydrogen-bond acceptors (Lipinski definition) is 3. The summed E-state index contributed by atoms with van der Waals surface area (Å²) in [6.45, 7) is 0. The average molecular weight is 359 g/mol. The van der Waals surface area contributed by atoms with Crippen LogP contribution in [-0.4, -0.2) is 22.6 Å². The van der Waals surface area contributed by atoms with E-state index in [-0.39, 0.29) is 11.9 Å². The standard InChI is InChI=1S/C22H21N3O2/c1-27-21-14-16(6-10-20(21)25-13-12-23-15-25)7-11-22(26)24-19-9-8-17-4-2-3-5-18(17)19/h2-7,10-15,19H,8-9H2,1H3,(H,24,26)/b11-7-. The van der Waals surface area contributed by atoms with Crippen LogP contribution in [0.25, 0.3) is 11.8 Å². The lowest BCUT2D eigenvalue weighted by atomic mass is 10.1. The Morgan fingerprint density at radius 1 is 1.30 bits per heavy atom. The molecule has 1 heterocycles. The fourth-order valence-electron chi connectivity index (χ4n) is 3.51. The van der Waals surface area contributed by atoms with Crippen molar-refractivity contribution in [3.05, 3.63) is 84.0 Å². The zero-order chi connectivity index (χ0) is 18.6. The largest absolute Gasteiger partial charge is 0.495 e. The second kappa shape index (κ2) is 7.50. The quantitative estimate of drug-likeness (QED) is 0.707. The third-order valence-corrected chi connectivity index (χ3v) is 4.86. The molecule has 0 fully saturated rings. The monoisotopic (exact) mass is 359 g/mol. The van der Waals surface area contributed by atoms with E-state index in [4.69, 9.17) is 4.74 Å². The van der Waals surface area contributed by atoms with Crippen LogP contribution in [0.4, 0.5) is 0 Å². The van der Waals surface area contributed by atoms with Crippen LogP contribution in [0.2, 0.25) is 0 Å². The highest BCUT2D eigenvalue weighted by atomic mass is 16.5. The summed E-state index contributed by atoms with van der Waals surface area (Å²) < 4.78 is 7.37. The maximum absolute atomic E-state index is 12.3. The number of carbonyl (C=O) groups is 1. The van der Waals surface area contributed by atoms with E-state index < -0.39 is 0 Å². The van der Waals surface area contributed by atoms with E-state index in [0.717, 1.165) is 29.8 Å². The van der Waals surface area contributed by atoms with E-state index in [0.29, 0.717) is 0 Å². The minimum Gasteiger partial charge on any atom is -0.495 e. The second-order valence-corrected chi connectivity index (χ2v) is 6.53. The van der Waals surface area contributed by atoms with Crippen LogP contribution in [0.1, 0.15) is 29.2 Å². The zero-order valence-corrected chi connectivity index (χ0v) is 15.1. The molecule has 1 amide bonds. The molecule has 1 aromatic heterocycles. The summed E-state index contributed by atoms with van der Waals surface area (Å²) in [6.07, 6.45) is 10.6. The molecule has 5 nitrogen and oxygen atoms in total. The molecular formula is C22H21N3O2. The van der Waals surface area contributed by atoms with Gasteiger partial charge in [-0.1, -0.05) is 30.3 Å². The molecule has 1 aliphatic carbocycles. The van der Waals surface area contributed by atoms with Crippen molar-refractivity contribution in [2.24, 2.45) is 0 Å². The number of aromatic nitrogens is 2. The van der Waals surface area contributed by atoms with E-state index in [1.165, 1.54) is 11.1 Å². The number of aryl methyl sites for hydroxylation is 1. The summed E-state index contributed by atoms with van der Waals surface area (Å²) in [5.74, 6) is 0.634. The van der Waals surface area contributed by atoms with Crippen molar-refractivity contribution in [3.63, 3.8) is 0 Å². The van der Waals surface area contributed by atoms with Crippen molar-refractivity contribution in [1.29, 1.82) is 0 Å². The maximum atomic E-state index is 12.3. The molecule has 1 N–H and O–H groups in total. The number of nitrogens with one attached hydrogen (secondary N) is 1. The summed E-state index contributed by atoms with van der Waals surface area (Å²) in [6, 6.07) is 14.2. The highest BCUT2D eigenvalue weighted by Gasteiger charge is 2.22. The first-order valence-electron chi connectivity index (χ1n) is 8.97. The van der Waals surface area contributed by atoms with Crippen LogP contribution >= 0.6 is 0 Å². The summed E-state index contributed by atoms with van der Waals surface area (Å²) in [4.78, 5) is 16.4. The van der Waals surface area contributed by atoms with Gasteiger partial charge in [0.25, 0.3) is 0 Å². The Morgan fingerprint density at radius 2 is 2.19 bits per heavy atom. The minimum absolute atomic E-state index is 0.0886. The normalized spacial score (nSPS) is 15.7. The molecule has 0 aliphatic heterocycles. The molecule has 4 rings (SSSR count). The molecule has 1 aliphatic rings. The van der Waals surface area contributed by atoms with Crippen molar-refractivity contribution in [2.75, 3.05) is 7.11 Å². The number of amides is 1. The Morgan fingerprint density at radius 3 is 3.00 bits per heavy atom. The first-order chi connectivity index (χ1) is 13.2. The molecule has 0 saturated carbocycles. The van der Waals surface area contributed by atoms with Gasteiger partial charge in [-0.25, -0.2) is 4.98 Å². The highest BCUT2D eigenvalue weighted by molar-refractivity contribution is 5.92. The van der Waals surface area contributed by atoms with E-state index in [1.807, 2.05) is 41.1 Å². The molecular weight excluding hydrogens is 338 g/mol. The number of methoxy groups -OCH3 is 1. The molecule has 5 heteroatoms. The van der Waals surface area contributed by atoms with Gasteiger partial charge in [0.1, 0.15) is 5.75 Å². The molecule has 0 bridgehead atoms. The predicted molar refractivity (Wildman–Crippen MR) is 105 cm³/mol. The SMILES string of the molecule is COc1cc(/C=C\C(=O)NC2CCc3ccccc32)ccc1-n1ccnc1. The Bertz CT molecular complexity index is 977. The molecule has 3 aromatic rings. The van der Waals surface area contributed by atoms with Gasteiger partial charge in [0.2, 0.25) is 5.91 Å². The molecule has 2 aromatic carbocycles. The minimum atomic E-state index is -0.0886. The second-order valence-electron chi connectivity index (χ2n) is 6.53. The molecule has 1 unspecified atom stereocenters. The molecule has 0 spiro atoms. The molecule has 0 saturated heterocycles. The lowest BCUT2D eigenvalue weighted by Crippen LogP contribution is -2.25. The number of imidazole rings is 1. The fraction of sp³-hybridized carbons (Fsp3) is 0.182. The van der Waals surface area contributed by atoms with Gasteiger partial charge in [0, 0.05) is 18.5 Å². The van der Waals surface area contributed by atoms with E-state index in [1.54, 1.807) is 31.8 Å². The van der Waals surface area contributed by atoms with Crippen LogP contribution < -0.4 is 10.1 Å².